The second-order valence-corrected chi connectivity index (χ2v) is 4.51. The number of rotatable bonds is 2. The molecular weight excluding hydrogens is 232 g/mol. The van der Waals surface area contributed by atoms with Crippen molar-refractivity contribution in [3.63, 3.8) is 0 Å². The van der Waals surface area contributed by atoms with Crippen LogP contribution in [0.2, 0.25) is 0 Å². The van der Waals surface area contributed by atoms with Gasteiger partial charge in [-0.05, 0) is 32.3 Å². The van der Waals surface area contributed by atoms with E-state index in [2.05, 4.69) is 5.32 Å². The van der Waals surface area contributed by atoms with Gasteiger partial charge in [-0.2, -0.15) is 0 Å². The number of carbonyl (C=O) groups excluding carboxylic acids is 2. The van der Waals surface area contributed by atoms with Gasteiger partial charge in [0.25, 0.3) is 5.91 Å². The molecule has 1 saturated heterocycles. The molecule has 0 bridgehead atoms. The fourth-order valence-electron chi connectivity index (χ4n) is 2.38. The molecule has 0 saturated carbocycles. The number of hydrogen-bond donors (Lipinski definition) is 1. The highest BCUT2D eigenvalue weighted by atomic mass is 16.3. The third kappa shape index (κ3) is 2.25. The van der Waals surface area contributed by atoms with E-state index in [1.54, 1.807) is 24.9 Å². The average Bonchev–Trinajstić information content (AvgIpc) is 2.83. The lowest BCUT2D eigenvalue weighted by atomic mass is 10.00. The van der Waals surface area contributed by atoms with Crippen LogP contribution in [0.25, 0.3) is 0 Å². The Labute approximate surface area is 106 Å². The number of nitrogens with zero attached hydrogens (tertiary/aromatic N) is 1. The van der Waals surface area contributed by atoms with Gasteiger partial charge in [-0.15, -0.1) is 0 Å². The summed E-state index contributed by atoms with van der Waals surface area (Å²) in [5, 5.41) is 2.62. The van der Waals surface area contributed by atoms with E-state index in [9.17, 15) is 9.59 Å². The normalized spacial score (nSPS) is 19.7. The van der Waals surface area contributed by atoms with Gasteiger partial charge in [0.05, 0.1) is 11.8 Å². The number of hydrogen-bond acceptors (Lipinski definition) is 3. The van der Waals surface area contributed by atoms with Gasteiger partial charge in [-0.3, -0.25) is 9.59 Å². The van der Waals surface area contributed by atoms with Crippen LogP contribution in [-0.4, -0.2) is 36.3 Å². The Kier molecular flexibility index (Phi) is 3.69. The molecule has 1 fully saturated rings. The Morgan fingerprint density at radius 2 is 2.22 bits per heavy atom. The quantitative estimate of drug-likeness (QED) is 0.861. The van der Waals surface area contributed by atoms with Crippen molar-refractivity contribution in [2.45, 2.75) is 32.2 Å². The molecule has 1 aromatic rings. The molecule has 0 aromatic carbocycles. The maximum absolute atomic E-state index is 12.4. The predicted molar refractivity (Wildman–Crippen MR) is 66.2 cm³/mol. The topological polar surface area (TPSA) is 62.6 Å². The minimum atomic E-state index is -0.356. The van der Waals surface area contributed by atoms with E-state index in [-0.39, 0.29) is 17.9 Å². The van der Waals surface area contributed by atoms with E-state index in [0.717, 1.165) is 19.3 Å². The second-order valence-electron chi connectivity index (χ2n) is 4.51. The number of likely N-dealkylation sites (tertiary alicyclic amines) is 1. The fourth-order valence-corrected chi connectivity index (χ4v) is 2.38. The first-order chi connectivity index (χ1) is 8.65. The van der Waals surface area contributed by atoms with Crippen molar-refractivity contribution in [2.75, 3.05) is 13.6 Å². The Morgan fingerprint density at radius 3 is 2.83 bits per heavy atom. The molecule has 2 heterocycles. The molecule has 5 nitrogen and oxygen atoms in total. The maximum Gasteiger partial charge on any atom is 0.258 e. The molecule has 0 radical (unpaired) electrons. The molecule has 1 aliphatic heterocycles. The van der Waals surface area contributed by atoms with Crippen molar-refractivity contribution < 1.29 is 14.0 Å². The van der Waals surface area contributed by atoms with Crippen molar-refractivity contribution in [1.29, 1.82) is 0 Å². The average molecular weight is 250 g/mol. The van der Waals surface area contributed by atoms with Gasteiger partial charge >= 0.3 is 0 Å². The van der Waals surface area contributed by atoms with Crippen molar-refractivity contribution in [3.8, 4) is 0 Å². The van der Waals surface area contributed by atoms with Gasteiger partial charge in [-0.1, -0.05) is 0 Å². The zero-order valence-corrected chi connectivity index (χ0v) is 10.7. The van der Waals surface area contributed by atoms with E-state index in [4.69, 9.17) is 4.42 Å². The summed E-state index contributed by atoms with van der Waals surface area (Å²) in [5.74, 6) is 0.389. The summed E-state index contributed by atoms with van der Waals surface area (Å²) in [4.78, 5) is 25.9. The summed E-state index contributed by atoms with van der Waals surface area (Å²) in [6, 6.07) is 1.30. The molecule has 1 aliphatic rings. The second kappa shape index (κ2) is 5.25. The highest BCUT2D eigenvalue weighted by Crippen LogP contribution is 2.21. The van der Waals surface area contributed by atoms with Gasteiger partial charge < -0.3 is 14.6 Å². The number of carbonyl (C=O) groups is 2. The van der Waals surface area contributed by atoms with Gasteiger partial charge in [0.2, 0.25) is 5.91 Å². The van der Waals surface area contributed by atoms with E-state index < -0.39 is 0 Å². The van der Waals surface area contributed by atoms with Crippen LogP contribution in [0.15, 0.2) is 16.7 Å². The van der Waals surface area contributed by atoms with Crippen LogP contribution < -0.4 is 5.32 Å². The molecule has 2 amide bonds. The summed E-state index contributed by atoms with van der Waals surface area (Å²) >= 11 is 0. The minimum Gasteiger partial charge on any atom is -0.469 e. The third-order valence-electron chi connectivity index (χ3n) is 3.40. The van der Waals surface area contributed by atoms with Crippen molar-refractivity contribution in [1.82, 2.24) is 10.2 Å². The smallest absolute Gasteiger partial charge is 0.258 e. The van der Waals surface area contributed by atoms with Crippen LogP contribution >= 0.6 is 0 Å². The number of nitrogens with one attached hydrogen (secondary N) is 1. The van der Waals surface area contributed by atoms with E-state index >= 15 is 0 Å². The molecule has 0 aliphatic carbocycles. The lowest BCUT2D eigenvalue weighted by Crippen LogP contribution is -2.51. The predicted octanol–water partition coefficient (Wildman–Crippen LogP) is 1.33. The maximum atomic E-state index is 12.4. The summed E-state index contributed by atoms with van der Waals surface area (Å²) in [6.45, 7) is 2.38. The van der Waals surface area contributed by atoms with E-state index in [0.29, 0.717) is 17.9 Å². The number of aryl methyl sites for hydroxylation is 1. The molecule has 1 atom stereocenters. The third-order valence-corrected chi connectivity index (χ3v) is 3.40. The van der Waals surface area contributed by atoms with Crippen LogP contribution in [-0.2, 0) is 4.79 Å². The SMILES string of the molecule is CNC(=O)[C@@H]1CCCCN1C(=O)c1ccoc1C. The van der Waals surface area contributed by atoms with Crippen LogP contribution in [0.1, 0.15) is 35.4 Å². The molecule has 0 unspecified atom stereocenters. The number of amides is 2. The van der Waals surface area contributed by atoms with Crippen molar-refractivity contribution in [3.05, 3.63) is 23.7 Å². The first kappa shape index (κ1) is 12.7. The highest BCUT2D eigenvalue weighted by Gasteiger charge is 2.32. The highest BCUT2D eigenvalue weighted by molar-refractivity contribution is 5.98. The first-order valence-electron chi connectivity index (χ1n) is 6.22. The van der Waals surface area contributed by atoms with Gasteiger partial charge in [0, 0.05) is 13.6 Å². The summed E-state index contributed by atoms with van der Waals surface area (Å²) in [7, 11) is 1.60. The molecule has 18 heavy (non-hydrogen) atoms. The Morgan fingerprint density at radius 1 is 1.44 bits per heavy atom. The number of likely N-dealkylation sites (N-methyl/N-ethyl adjacent to an activating group) is 1. The molecule has 1 N–H and O–H groups in total. The Bertz CT molecular complexity index is 453. The fraction of sp³-hybridized carbons (Fsp3) is 0.538. The van der Waals surface area contributed by atoms with Crippen LogP contribution in [0.3, 0.4) is 0 Å². The Balaban J connectivity index is 2.21. The largest absolute Gasteiger partial charge is 0.469 e. The molecule has 1 aromatic heterocycles. The molecule has 98 valence electrons. The molecule has 0 spiro atoms. The first-order valence-corrected chi connectivity index (χ1v) is 6.22. The van der Waals surface area contributed by atoms with Gasteiger partial charge in [0.1, 0.15) is 11.8 Å². The summed E-state index contributed by atoms with van der Waals surface area (Å²) in [6.07, 6.45) is 4.14. The van der Waals surface area contributed by atoms with Crippen LogP contribution in [0.4, 0.5) is 0 Å². The van der Waals surface area contributed by atoms with E-state index in [1.807, 2.05) is 0 Å². The van der Waals surface area contributed by atoms with E-state index in [1.165, 1.54) is 6.26 Å². The summed E-state index contributed by atoms with van der Waals surface area (Å²) in [5.41, 5.74) is 0.547. The number of piperidine rings is 1. The van der Waals surface area contributed by atoms with Crippen molar-refractivity contribution >= 4 is 11.8 Å². The zero-order chi connectivity index (χ0) is 13.1. The zero-order valence-electron chi connectivity index (χ0n) is 10.7. The standard InChI is InChI=1S/C13H18N2O3/c1-9-10(6-8-18-9)13(17)15-7-4-3-5-11(15)12(16)14-2/h6,8,11H,3-5,7H2,1-2H3,(H,14,16)/t11-/m0/s1. The van der Waals surface area contributed by atoms with Crippen LogP contribution in [0, 0.1) is 6.92 Å². The van der Waals surface area contributed by atoms with Crippen molar-refractivity contribution in [2.24, 2.45) is 0 Å². The van der Waals surface area contributed by atoms with Crippen LogP contribution in [0.5, 0.6) is 0 Å². The summed E-state index contributed by atoms with van der Waals surface area (Å²) < 4.78 is 5.15. The Hall–Kier alpha value is -1.78. The number of furan rings is 1. The lowest BCUT2D eigenvalue weighted by molar-refractivity contribution is -0.126. The van der Waals surface area contributed by atoms with Gasteiger partial charge in [0.15, 0.2) is 0 Å². The molecule has 5 heteroatoms. The van der Waals surface area contributed by atoms with Gasteiger partial charge in [-0.25, -0.2) is 0 Å². The lowest BCUT2D eigenvalue weighted by Gasteiger charge is -2.34. The molecule has 2 rings (SSSR count). The molecular formula is C13H18N2O3. The monoisotopic (exact) mass is 250 g/mol. The minimum absolute atomic E-state index is 0.0933.